The first-order valence-corrected chi connectivity index (χ1v) is 7.98. The predicted molar refractivity (Wildman–Crippen MR) is 95.9 cm³/mol. The first kappa shape index (κ1) is 16.0. The van der Waals surface area contributed by atoms with Crippen LogP contribution in [-0.4, -0.2) is 42.7 Å². The number of rotatable bonds is 4. The van der Waals surface area contributed by atoms with Gasteiger partial charge in [0.25, 0.3) is 0 Å². The molecule has 148 valence electrons. The van der Waals surface area contributed by atoms with Crippen molar-refractivity contribution in [1.29, 1.82) is 0 Å². The van der Waals surface area contributed by atoms with E-state index in [1.54, 1.807) is 6.92 Å². The van der Waals surface area contributed by atoms with E-state index in [0.717, 1.165) is 16.8 Å². The summed E-state index contributed by atoms with van der Waals surface area (Å²) in [5.41, 5.74) is 2.60. The van der Waals surface area contributed by atoms with Gasteiger partial charge < -0.3 is 15.9 Å². The summed E-state index contributed by atoms with van der Waals surface area (Å²) in [6.45, 7) is -2.59. The molecule has 0 aliphatic heterocycles. The van der Waals surface area contributed by atoms with Crippen LogP contribution in [0.1, 0.15) is 15.2 Å². The predicted octanol–water partition coefficient (Wildman–Crippen LogP) is 2.18. The highest BCUT2D eigenvalue weighted by Gasteiger charge is 2.54. The van der Waals surface area contributed by atoms with E-state index >= 15 is 0 Å². The van der Waals surface area contributed by atoms with E-state index in [0.29, 0.717) is 5.56 Å². The molecule has 0 spiro atoms. The van der Waals surface area contributed by atoms with Crippen molar-refractivity contribution in [2.45, 2.75) is 18.7 Å². The largest absolute Gasteiger partial charge is 0.423 e. The van der Waals surface area contributed by atoms with Gasteiger partial charge in [0.05, 0.1) is 24.2 Å². The van der Waals surface area contributed by atoms with Gasteiger partial charge in [-0.25, -0.2) is 9.97 Å². The van der Waals surface area contributed by atoms with E-state index in [2.05, 4.69) is 15.1 Å². The summed E-state index contributed by atoms with van der Waals surface area (Å²) >= 11 is 0. The maximum absolute atomic E-state index is 13.4. The molecular formula is C18H18F3N5O2. The molecule has 7 nitrogen and oxygen atoms in total. The number of aliphatic hydroxyl groups excluding tert-OH is 1. The number of halogens is 3. The summed E-state index contributed by atoms with van der Waals surface area (Å²) < 4.78 is 63.5. The number of nitrogen functional groups attached to an aromatic ring is 1. The third-order valence-electron chi connectivity index (χ3n) is 4.38. The molecule has 28 heavy (non-hydrogen) atoms. The average molecular weight is 396 g/mol. The second-order valence-electron chi connectivity index (χ2n) is 6.16. The van der Waals surface area contributed by atoms with Crippen LogP contribution in [0.4, 0.5) is 19.0 Å². The quantitative estimate of drug-likeness (QED) is 0.624. The molecule has 4 N–H and O–H groups in total. The van der Waals surface area contributed by atoms with Gasteiger partial charge in [0.15, 0.2) is 5.82 Å². The average Bonchev–Trinajstić information content (AvgIpc) is 3.17. The molecule has 0 saturated carbocycles. The van der Waals surface area contributed by atoms with Crippen molar-refractivity contribution in [1.82, 2.24) is 19.7 Å². The highest BCUT2D eigenvalue weighted by Crippen LogP contribution is 2.40. The van der Waals surface area contributed by atoms with E-state index in [1.807, 2.05) is 0 Å². The number of aliphatic hydroxyl groups is 2. The fraction of sp³-hybridized carbons (Fsp3) is 0.278. The molecule has 0 fully saturated rings. The van der Waals surface area contributed by atoms with Crippen LogP contribution < -0.4 is 5.73 Å². The van der Waals surface area contributed by atoms with Gasteiger partial charge >= 0.3 is 6.18 Å². The molecule has 1 aromatic carbocycles. The molecule has 0 aliphatic rings. The van der Waals surface area contributed by atoms with Crippen molar-refractivity contribution in [2.24, 2.45) is 6.98 Å². The van der Waals surface area contributed by atoms with Crippen LogP contribution in [0.5, 0.6) is 0 Å². The maximum Gasteiger partial charge on any atom is 0.423 e. The van der Waals surface area contributed by atoms with Crippen LogP contribution in [0.3, 0.4) is 0 Å². The van der Waals surface area contributed by atoms with Crippen molar-refractivity contribution in [3.63, 3.8) is 0 Å². The Bertz CT molecular complexity index is 1120. The van der Waals surface area contributed by atoms with Crippen molar-refractivity contribution in [2.75, 3.05) is 12.3 Å². The zero-order chi connectivity index (χ0) is 23.2. The Labute approximate surface area is 162 Å². The fourth-order valence-corrected chi connectivity index (χ4v) is 2.70. The first-order chi connectivity index (χ1) is 14.3. The number of alkyl halides is 3. The minimum atomic E-state index is -5.13. The SMILES string of the molecule is [2H]C([2H])([2H])n1nccc1-c1nc(-c2cc(C(O)(CO)C(F)(F)F)ccc2C)cnc1N. The van der Waals surface area contributed by atoms with Crippen molar-refractivity contribution < 1.29 is 27.5 Å². The Balaban J connectivity index is 2.18. The summed E-state index contributed by atoms with van der Waals surface area (Å²) in [4.78, 5) is 8.30. The van der Waals surface area contributed by atoms with E-state index in [1.165, 1.54) is 24.5 Å². The van der Waals surface area contributed by atoms with Gasteiger partial charge in [-0.15, -0.1) is 0 Å². The first-order valence-electron chi connectivity index (χ1n) is 9.48. The van der Waals surface area contributed by atoms with Crippen LogP contribution >= 0.6 is 0 Å². The zero-order valence-electron chi connectivity index (χ0n) is 17.6. The maximum atomic E-state index is 13.4. The van der Waals surface area contributed by atoms with Gasteiger partial charge in [-0.05, 0) is 30.2 Å². The summed E-state index contributed by atoms with van der Waals surface area (Å²) in [5.74, 6) is -0.106. The summed E-state index contributed by atoms with van der Waals surface area (Å²) in [6, 6.07) is 4.80. The van der Waals surface area contributed by atoms with E-state index in [-0.39, 0.29) is 28.5 Å². The second-order valence-corrected chi connectivity index (χ2v) is 6.16. The van der Waals surface area contributed by atoms with Crippen LogP contribution in [0.15, 0.2) is 36.7 Å². The molecule has 1 atom stereocenters. The van der Waals surface area contributed by atoms with Crippen LogP contribution in [0.2, 0.25) is 0 Å². The smallest absolute Gasteiger partial charge is 0.393 e. The molecular weight excluding hydrogens is 375 g/mol. The molecule has 1 unspecified atom stereocenters. The third kappa shape index (κ3) is 3.20. The number of nitrogens with zero attached hydrogens (tertiary/aromatic N) is 4. The number of aryl methyl sites for hydroxylation is 2. The molecule has 0 bridgehead atoms. The summed E-state index contributed by atoms with van der Waals surface area (Å²) in [7, 11) is 0. The van der Waals surface area contributed by atoms with Gasteiger partial charge in [-0.3, -0.25) is 4.68 Å². The Morgan fingerprint density at radius 2 is 2.04 bits per heavy atom. The topological polar surface area (TPSA) is 110 Å². The monoisotopic (exact) mass is 396 g/mol. The molecule has 3 rings (SSSR count). The number of aromatic nitrogens is 4. The molecule has 3 aromatic rings. The van der Waals surface area contributed by atoms with Gasteiger partial charge in [-0.2, -0.15) is 18.3 Å². The van der Waals surface area contributed by atoms with Crippen molar-refractivity contribution in [3.8, 4) is 22.6 Å². The summed E-state index contributed by atoms with van der Waals surface area (Å²) in [5, 5.41) is 23.1. The Hall–Kier alpha value is -2.98. The van der Waals surface area contributed by atoms with Crippen LogP contribution in [0.25, 0.3) is 22.6 Å². The molecule has 0 amide bonds. The lowest BCUT2D eigenvalue weighted by Crippen LogP contribution is -2.45. The molecule has 0 aliphatic carbocycles. The van der Waals surface area contributed by atoms with Crippen molar-refractivity contribution >= 4 is 5.82 Å². The minimum absolute atomic E-state index is 0.0239. The number of benzene rings is 1. The van der Waals surface area contributed by atoms with E-state index in [4.69, 9.17) is 9.85 Å². The lowest BCUT2D eigenvalue weighted by atomic mass is 9.90. The fourth-order valence-electron chi connectivity index (χ4n) is 2.70. The molecule has 0 radical (unpaired) electrons. The Morgan fingerprint density at radius 3 is 2.68 bits per heavy atom. The standard InChI is InChI=1S/C18H18F3N5O2/c1-10-3-4-11(17(28,9-27)18(19,20)21)7-12(10)13-8-23-16(22)15(25-13)14-5-6-24-26(14)2/h3-8,27-28H,9H2,1-2H3,(H2,22,23)/i2D3. The van der Waals surface area contributed by atoms with Crippen molar-refractivity contribution in [3.05, 3.63) is 47.8 Å². The van der Waals surface area contributed by atoms with Crippen LogP contribution in [-0.2, 0) is 12.6 Å². The second kappa shape index (κ2) is 6.88. The summed E-state index contributed by atoms with van der Waals surface area (Å²) in [6.07, 6.45) is -2.67. The van der Waals surface area contributed by atoms with Gasteiger partial charge in [0.2, 0.25) is 5.60 Å². The Kier molecular flexibility index (Phi) is 3.93. The number of nitrogens with two attached hydrogens (primary N) is 1. The molecule has 2 heterocycles. The minimum Gasteiger partial charge on any atom is -0.393 e. The van der Waals surface area contributed by atoms with E-state index < -0.39 is 30.9 Å². The Morgan fingerprint density at radius 1 is 1.29 bits per heavy atom. The van der Waals surface area contributed by atoms with Gasteiger partial charge in [0.1, 0.15) is 5.69 Å². The number of hydrogen-bond donors (Lipinski definition) is 3. The molecule has 2 aromatic heterocycles. The molecule has 0 saturated heterocycles. The zero-order valence-corrected chi connectivity index (χ0v) is 14.6. The van der Waals surface area contributed by atoms with Gasteiger partial charge in [-0.1, -0.05) is 12.1 Å². The lowest BCUT2D eigenvalue weighted by Gasteiger charge is -2.29. The lowest BCUT2D eigenvalue weighted by molar-refractivity contribution is -0.277. The van der Waals surface area contributed by atoms with Gasteiger partial charge in [0, 0.05) is 22.8 Å². The number of hydrogen-bond acceptors (Lipinski definition) is 6. The van der Waals surface area contributed by atoms with Crippen LogP contribution in [0, 0.1) is 6.92 Å². The number of anilines is 1. The normalized spacial score (nSPS) is 16.1. The highest BCUT2D eigenvalue weighted by molar-refractivity contribution is 5.72. The highest BCUT2D eigenvalue weighted by atomic mass is 19.4. The third-order valence-corrected chi connectivity index (χ3v) is 4.38. The van der Waals surface area contributed by atoms with E-state index in [9.17, 15) is 23.4 Å². The molecule has 10 heteroatoms.